The van der Waals surface area contributed by atoms with Gasteiger partial charge < -0.3 is 10.1 Å². The standard InChI is InChI=1S/C26H30N4O3S.ClH/c1-3-4-5-6-9-17-34(31,32)30-19-14-15-23(24(18-19)33-2)28-25-20-11-7-8-13-22(20)29-26-21(25)12-10-16-27-26;/h7-8,10-16,18,30H,3-6,9,17H2,1-2H3,(H,27,28,29);1H. The Kier molecular flexibility index (Phi) is 9.12. The number of pyridine rings is 2. The highest BCUT2D eigenvalue weighted by atomic mass is 35.5. The highest BCUT2D eigenvalue weighted by Gasteiger charge is 2.15. The first kappa shape index (κ1) is 26.5. The van der Waals surface area contributed by atoms with Crippen molar-refractivity contribution in [2.24, 2.45) is 0 Å². The number of nitrogens with one attached hydrogen (secondary N) is 2. The van der Waals surface area contributed by atoms with E-state index < -0.39 is 10.0 Å². The average Bonchev–Trinajstić information content (AvgIpc) is 2.84. The van der Waals surface area contributed by atoms with Gasteiger partial charge >= 0.3 is 0 Å². The van der Waals surface area contributed by atoms with Gasteiger partial charge in [-0.05, 0) is 36.8 Å². The summed E-state index contributed by atoms with van der Waals surface area (Å²) < 4.78 is 33.3. The van der Waals surface area contributed by atoms with Crippen LogP contribution in [0.25, 0.3) is 21.9 Å². The molecular formula is C26H31ClN4O3S. The van der Waals surface area contributed by atoms with Gasteiger partial charge in [0.1, 0.15) is 5.75 Å². The summed E-state index contributed by atoms with van der Waals surface area (Å²) in [5, 5.41) is 5.31. The first-order valence-corrected chi connectivity index (χ1v) is 13.2. The smallest absolute Gasteiger partial charge is 0.232 e. The second-order valence-electron chi connectivity index (χ2n) is 8.25. The minimum Gasteiger partial charge on any atom is -0.494 e. The van der Waals surface area contributed by atoms with Crippen molar-refractivity contribution in [1.82, 2.24) is 9.97 Å². The predicted octanol–water partition coefficient (Wildman–Crippen LogP) is 6.67. The highest BCUT2D eigenvalue weighted by Crippen LogP contribution is 2.36. The van der Waals surface area contributed by atoms with Crippen LogP contribution in [0.2, 0.25) is 0 Å². The van der Waals surface area contributed by atoms with Gasteiger partial charge in [-0.25, -0.2) is 18.4 Å². The molecule has 0 aliphatic rings. The van der Waals surface area contributed by atoms with Crippen molar-refractivity contribution in [3.63, 3.8) is 0 Å². The fourth-order valence-electron chi connectivity index (χ4n) is 3.98. The number of ether oxygens (including phenoxy) is 1. The molecular weight excluding hydrogens is 484 g/mol. The molecule has 2 aromatic heterocycles. The fraction of sp³-hybridized carbons (Fsp3) is 0.308. The highest BCUT2D eigenvalue weighted by molar-refractivity contribution is 7.92. The van der Waals surface area contributed by atoms with Crippen LogP contribution in [0.1, 0.15) is 39.0 Å². The summed E-state index contributed by atoms with van der Waals surface area (Å²) in [6, 6.07) is 17.0. The molecule has 0 unspecified atom stereocenters. The zero-order valence-corrected chi connectivity index (χ0v) is 21.6. The zero-order valence-electron chi connectivity index (χ0n) is 20.0. The normalized spacial score (nSPS) is 11.3. The molecule has 0 amide bonds. The third kappa shape index (κ3) is 6.52. The Morgan fingerprint density at radius 3 is 2.51 bits per heavy atom. The van der Waals surface area contributed by atoms with Crippen molar-refractivity contribution in [2.75, 3.05) is 22.9 Å². The van der Waals surface area contributed by atoms with Gasteiger partial charge in [-0.2, -0.15) is 0 Å². The molecule has 4 aromatic rings. The molecule has 0 saturated carbocycles. The van der Waals surface area contributed by atoms with Crippen LogP contribution in [0.3, 0.4) is 0 Å². The van der Waals surface area contributed by atoms with Gasteiger partial charge in [-0.15, -0.1) is 12.4 Å². The molecule has 9 heteroatoms. The summed E-state index contributed by atoms with van der Waals surface area (Å²) >= 11 is 0. The second-order valence-corrected chi connectivity index (χ2v) is 10.1. The maximum absolute atomic E-state index is 12.5. The number of benzene rings is 2. The number of rotatable bonds is 11. The molecule has 2 N–H and O–H groups in total. The van der Waals surface area contributed by atoms with Gasteiger partial charge in [0.25, 0.3) is 0 Å². The Bertz CT molecular complexity index is 1340. The van der Waals surface area contributed by atoms with E-state index >= 15 is 0 Å². The summed E-state index contributed by atoms with van der Waals surface area (Å²) in [6.07, 6.45) is 6.63. The minimum absolute atomic E-state index is 0. The van der Waals surface area contributed by atoms with Gasteiger partial charge in [0.15, 0.2) is 5.65 Å². The molecule has 0 saturated heterocycles. The molecule has 0 fully saturated rings. The van der Waals surface area contributed by atoms with E-state index in [4.69, 9.17) is 4.74 Å². The summed E-state index contributed by atoms with van der Waals surface area (Å²) in [5.41, 5.74) is 3.53. The van der Waals surface area contributed by atoms with Crippen LogP contribution in [-0.2, 0) is 10.0 Å². The molecule has 186 valence electrons. The largest absolute Gasteiger partial charge is 0.494 e. The molecule has 0 radical (unpaired) electrons. The number of aromatic nitrogens is 2. The summed E-state index contributed by atoms with van der Waals surface area (Å²) in [4.78, 5) is 9.07. The van der Waals surface area contributed by atoms with Crippen molar-refractivity contribution >= 4 is 61.4 Å². The quantitative estimate of drug-likeness (QED) is 0.171. The number of anilines is 3. The Hall–Kier alpha value is -3.10. The number of methoxy groups -OCH3 is 1. The number of nitrogens with zero attached hydrogens (tertiary/aromatic N) is 2. The van der Waals surface area contributed by atoms with E-state index in [9.17, 15) is 8.42 Å². The summed E-state index contributed by atoms with van der Waals surface area (Å²) in [5.74, 6) is 0.641. The van der Waals surface area contributed by atoms with Crippen LogP contribution in [0.5, 0.6) is 5.75 Å². The third-order valence-electron chi connectivity index (χ3n) is 5.71. The average molecular weight is 515 g/mol. The predicted molar refractivity (Wildman–Crippen MR) is 147 cm³/mol. The van der Waals surface area contributed by atoms with E-state index in [0.717, 1.165) is 47.7 Å². The van der Waals surface area contributed by atoms with Crippen LogP contribution in [0.15, 0.2) is 60.8 Å². The lowest BCUT2D eigenvalue weighted by Crippen LogP contribution is -2.16. The van der Waals surface area contributed by atoms with Crippen molar-refractivity contribution in [2.45, 2.75) is 39.0 Å². The van der Waals surface area contributed by atoms with E-state index in [1.807, 2.05) is 42.5 Å². The molecule has 0 bridgehead atoms. The lowest BCUT2D eigenvalue weighted by Gasteiger charge is -2.16. The van der Waals surface area contributed by atoms with Crippen molar-refractivity contribution in [1.29, 1.82) is 0 Å². The van der Waals surface area contributed by atoms with Crippen LogP contribution < -0.4 is 14.8 Å². The van der Waals surface area contributed by atoms with E-state index in [1.165, 1.54) is 0 Å². The fourth-order valence-corrected chi connectivity index (χ4v) is 5.15. The molecule has 2 heterocycles. The number of hydrogen-bond acceptors (Lipinski definition) is 6. The Labute approximate surface area is 212 Å². The number of halogens is 1. The molecule has 7 nitrogen and oxygen atoms in total. The maximum Gasteiger partial charge on any atom is 0.232 e. The third-order valence-corrected chi connectivity index (χ3v) is 7.08. The second kappa shape index (κ2) is 12.0. The topological polar surface area (TPSA) is 93.2 Å². The zero-order chi connectivity index (χ0) is 24.0. The van der Waals surface area contributed by atoms with Crippen molar-refractivity contribution in [3.05, 3.63) is 60.8 Å². The van der Waals surface area contributed by atoms with Crippen LogP contribution in [-0.4, -0.2) is 31.2 Å². The number of sulfonamides is 1. The van der Waals surface area contributed by atoms with Crippen LogP contribution in [0.4, 0.5) is 17.1 Å². The van der Waals surface area contributed by atoms with Gasteiger partial charge in [-0.1, -0.05) is 50.8 Å². The van der Waals surface area contributed by atoms with E-state index in [-0.39, 0.29) is 18.2 Å². The van der Waals surface area contributed by atoms with E-state index in [0.29, 0.717) is 29.2 Å². The Morgan fingerprint density at radius 2 is 1.71 bits per heavy atom. The van der Waals surface area contributed by atoms with Crippen LogP contribution in [0, 0.1) is 0 Å². The Balaban J connectivity index is 0.00000342. The number of fused-ring (bicyclic) bond motifs is 2. The van der Waals surface area contributed by atoms with E-state index in [2.05, 4.69) is 26.9 Å². The first-order valence-electron chi connectivity index (χ1n) is 11.6. The Morgan fingerprint density at radius 1 is 0.943 bits per heavy atom. The molecule has 0 atom stereocenters. The van der Waals surface area contributed by atoms with Gasteiger partial charge in [0, 0.05) is 23.0 Å². The van der Waals surface area contributed by atoms with E-state index in [1.54, 1.807) is 25.4 Å². The molecule has 0 aliphatic heterocycles. The van der Waals surface area contributed by atoms with Gasteiger partial charge in [0.2, 0.25) is 10.0 Å². The SMILES string of the molecule is CCCCCCCS(=O)(=O)Nc1ccc(Nc2c3ccccc3nc3ncccc23)c(OC)c1.Cl. The first-order chi connectivity index (χ1) is 16.5. The number of hydrogen-bond donors (Lipinski definition) is 2. The monoisotopic (exact) mass is 514 g/mol. The summed E-state index contributed by atoms with van der Waals surface area (Å²) in [7, 11) is -1.85. The maximum atomic E-state index is 12.5. The lowest BCUT2D eigenvalue weighted by molar-refractivity contribution is 0.417. The van der Waals surface area contributed by atoms with Gasteiger partial charge in [0.05, 0.1) is 35.4 Å². The molecule has 0 spiro atoms. The van der Waals surface area contributed by atoms with Crippen LogP contribution >= 0.6 is 12.4 Å². The molecule has 0 aliphatic carbocycles. The molecule has 35 heavy (non-hydrogen) atoms. The lowest BCUT2D eigenvalue weighted by atomic mass is 10.1. The number of para-hydroxylation sites is 1. The van der Waals surface area contributed by atoms with Gasteiger partial charge in [-0.3, -0.25) is 4.72 Å². The molecule has 4 rings (SSSR count). The number of unbranched alkanes of at least 4 members (excludes halogenated alkanes) is 4. The molecule has 2 aromatic carbocycles. The van der Waals surface area contributed by atoms with Crippen molar-refractivity contribution < 1.29 is 13.2 Å². The minimum atomic E-state index is -3.42. The summed E-state index contributed by atoms with van der Waals surface area (Å²) in [6.45, 7) is 2.14. The van der Waals surface area contributed by atoms with Crippen molar-refractivity contribution in [3.8, 4) is 5.75 Å².